The standard InChI is InChI=1S/C15H19ClN2O2S/c16-14-6-4-13(5-7-14)8-10-21(19,20)9-2-1-3-15-11-17-12-18-15/h4-7,11-12H,1-3,8-10H2,(H,17,18). The molecule has 0 aliphatic rings. The highest BCUT2D eigenvalue weighted by Gasteiger charge is 2.11. The van der Waals surface area contributed by atoms with E-state index >= 15 is 0 Å². The normalized spacial score (nSPS) is 11.7. The molecule has 4 nitrogen and oxygen atoms in total. The second-order valence-electron chi connectivity index (χ2n) is 5.05. The highest BCUT2D eigenvalue weighted by molar-refractivity contribution is 7.91. The molecular weight excluding hydrogens is 308 g/mol. The van der Waals surface area contributed by atoms with Crippen LogP contribution in [0.5, 0.6) is 0 Å². The Morgan fingerprint density at radius 2 is 1.81 bits per heavy atom. The summed E-state index contributed by atoms with van der Waals surface area (Å²) in [5.41, 5.74) is 1.98. The fraction of sp³-hybridized carbons (Fsp3) is 0.400. The molecule has 114 valence electrons. The molecule has 0 saturated carbocycles. The number of H-pyrrole nitrogens is 1. The van der Waals surface area contributed by atoms with Crippen molar-refractivity contribution in [3.05, 3.63) is 53.1 Å². The Labute approximate surface area is 130 Å². The number of nitrogens with zero attached hydrogens (tertiary/aromatic N) is 1. The quantitative estimate of drug-likeness (QED) is 0.758. The van der Waals surface area contributed by atoms with Crippen LogP contribution in [-0.4, -0.2) is 29.9 Å². The first-order valence-electron chi connectivity index (χ1n) is 6.98. The highest BCUT2D eigenvalue weighted by atomic mass is 35.5. The van der Waals surface area contributed by atoms with Gasteiger partial charge in [-0.05, 0) is 43.4 Å². The number of hydrogen-bond donors (Lipinski definition) is 1. The Hall–Kier alpha value is -1.33. The molecule has 0 amide bonds. The molecule has 0 bridgehead atoms. The first kappa shape index (κ1) is 16.0. The van der Waals surface area contributed by atoms with Gasteiger partial charge in [0, 0.05) is 11.2 Å². The number of hydrogen-bond acceptors (Lipinski definition) is 3. The van der Waals surface area contributed by atoms with Gasteiger partial charge in [-0.25, -0.2) is 13.4 Å². The Kier molecular flexibility index (Phi) is 5.82. The average Bonchev–Trinajstić information content (AvgIpc) is 2.96. The summed E-state index contributed by atoms with van der Waals surface area (Å²) in [6, 6.07) is 7.31. The zero-order valence-corrected chi connectivity index (χ0v) is 13.3. The number of unbranched alkanes of at least 4 members (excludes halogenated alkanes) is 1. The second kappa shape index (κ2) is 7.61. The van der Waals surface area contributed by atoms with Crippen molar-refractivity contribution in [3.63, 3.8) is 0 Å². The smallest absolute Gasteiger partial charge is 0.150 e. The molecule has 21 heavy (non-hydrogen) atoms. The van der Waals surface area contributed by atoms with Crippen molar-refractivity contribution in [1.29, 1.82) is 0 Å². The molecule has 0 atom stereocenters. The first-order chi connectivity index (χ1) is 10.1. The summed E-state index contributed by atoms with van der Waals surface area (Å²) in [5.74, 6) is 0.433. The van der Waals surface area contributed by atoms with Gasteiger partial charge >= 0.3 is 0 Å². The monoisotopic (exact) mass is 326 g/mol. The van der Waals surface area contributed by atoms with Crippen molar-refractivity contribution in [3.8, 4) is 0 Å². The maximum atomic E-state index is 12.0. The van der Waals surface area contributed by atoms with Gasteiger partial charge in [-0.2, -0.15) is 0 Å². The average molecular weight is 327 g/mol. The maximum absolute atomic E-state index is 12.0. The van der Waals surface area contributed by atoms with Gasteiger partial charge in [-0.15, -0.1) is 0 Å². The van der Waals surface area contributed by atoms with Gasteiger partial charge in [0.05, 0.1) is 23.5 Å². The molecule has 1 aromatic carbocycles. The van der Waals surface area contributed by atoms with Crippen LogP contribution in [0.25, 0.3) is 0 Å². The van der Waals surface area contributed by atoms with E-state index in [1.807, 2.05) is 18.3 Å². The number of aromatic amines is 1. The van der Waals surface area contributed by atoms with Crippen LogP contribution >= 0.6 is 11.6 Å². The van der Waals surface area contributed by atoms with Crippen molar-refractivity contribution in [2.24, 2.45) is 0 Å². The number of aromatic nitrogens is 2. The van der Waals surface area contributed by atoms with E-state index in [4.69, 9.17) is 11.6 Å². The summed E-state index contributed by atoms with van der Waals surface area (Å²) in [5, 5.41) is 0.667. The van der Waals surface area contributed by atoms with Crippen LogP contribution in [0.15, 0.2) is 36.8 Å². The molecule has 2 rings (SSSR count). The molecule has 1 heterocycles. The summed E-state index contributed by atoms with van der Waals surface area (Å²) in [6.07, 6.45) is 6.35. The van der Waals surface area contributed by atoms with Gasteiger partial charge in [0.2, 0.25) is 0 Å². The molecule has 0 saturated heterocycles. The number of aryl methyl sites for hydroxylation is 2. The second-order valence-corrected chi connectivity index (χ2v) is 7.79. The lowest BCUT2D eigenvalue weighted by atomic mass is 10.2. The molecule has 0 fully saturated rings. The molecule has 0 radical (unpaired) electrons. The summed E-state index contributed by atoms with van der Waals surface area (Å²) in [6.45, 7) is 0. The summed E-state index contributed by atoms with van der Waals surface area (Å²) >= 11 is 5.80. The third-order valence-corrected chi connectivity index (χ3v) is 5.30. The topological polar surface area (TPSA) is 62.8 Å². The van der Waals surface area contributed by atoms with Gasteiger partial charge in [0.25, 0.3) is 0 Å². The Morgan fingerprint density at radius 1 is 1.05 bits per heavy atom. The number of halogens is 1. The van der Waals surface area contributed by atoms with E-state index < -0.39 is 9.84 Å². The lowest BCUT2D eigenvalue weighted by Gasteiger charge is -2.05. The molecule has 1 aromatic heterocycles. The van der Waals surface area contributed by atoms with Crippen molar-refractivity contribution < 1.29 is 8.42 Å². The lowest BCUT2D eigenvalue weighted by molar-refractivity contribution is 0.590. The third-order valence-electron chi connectivity index (χ3n) is 3.31. The zero-order valence-electron chi connectivity index (χ0n) is 11.8. The molecular formula is C15H19ClN2O2S. The Bertz CT molecular complexity index is 637. The van der Waals surface area contributed by atoms with Crippen LogP contribution < -0.4 is 0 Å². The molecule has 0 aliphatic carbocycles. The maximum Gasteiger partial charge on any atom is 0.150 e. The summed E-state index contributed by atoms with van der Waals surface area (Å²) in [4.78, 5) is 7.01. The SMILES string of the molecule is O=S(=O)(CCCCc1c[nH]cn1)CCc1ccc(Cl)cc1. The predicted molar refractivity (Wildman–Crippen MR) is 85.3 cm³/mol. The van der Waals surface area contributed by atoms with Gasteiger partial charge in [0.1, 0.15) is 0 Å². The first-order valence-corrected chi connectivity index (χ1v) is 9.18. The van der Waals surface area contributed by atoms with Crippen LogP contribution in [0, 0.1) is 0 Å². The number of benzene rings is 1. The fourth-order valence-electron chi connectivity index (χ4n) is 2.08. The molecule has 2 aromatic rings. The van der Waals surface area contributed by atoms with Gasteiger partial charge in [-0.1, -0.05) is 23.7 Å². The van der Waals surface area contributed by atoms with Crippen molar-refractivity contribution in [2.75, 3.05) is 11.5 Å². The van der Waals surface area contributed by atoms with E-state index in [-0.39, 0.29) is 11.5 Å². The molecule has 0 spiro atoms. The minimum absolute atomic E-state index is 0.192. The van der Waals surface area contributed by atoms with Gasteiger partial charge in [0.15, 0.2) is 9.84 Å². The molecule has 0 aliphatic heterocycles. The minimum Gasteiger partial charge on any atom is -0.351 e. The Balaban J connectivity index is 1.70. The summed E-state index contributed by atoms with van der Waals surface area (Å²) in [7, 11) is -2.99. The third kappa shape index (κ3) is 5.89. The van der Waals surface area contributed by atoms with Crippen LogP contribution in [0.3, 0.4) is 0 Å². The lowest BCUT2D eigenvalue weighted by Crippen LogP contribution is -2.13. The zero-order chi connectivity index (χ0) is 15.1. The predicted octanol–water partition coefficient (Wildman–Crippen LogP) is 3.04. The largest absolute Gasteiger partial charge is 0.351 e. The van der Waals surface area contributed by atoms with Crippen molar-refractivity contribution >= 4 is 21.4 Å². The summed E-state index contributed by atoms with van der Waals surface area (Å²) < 4.78 is 24.0. The molecule has 1 N–H and O–H groups in total. The van der Waals surface area contributed by atoms with Crippen LogP contribution in [0.4, 0.5) is 0 Å². The van der Waals surface area contributed by atoms with Crippen LogP contribution in [0.2, 0.25) is 5.02 Å². The molecule has 0 unspecified atom stereocenters. The van der Waals surface area contributed by atoms with E-state index in [1.165, 1.54) is 0 Å². The van der Waals surface area contributed by atoms with E-state index in [0.29, 0.717) is 17.9 Å². The van der Waals surface area contributed by atoms with Gasteiger partial charge in [-0.3, -0.25) is 0 Å². The fourth-order valence-corrected chi connectivity index (χ4v) is 3.60. The number of sulfone groups is 1. The number of nitrogens with one attached hydrogen (secondary N) is 1. The van der Waals surface area contributed by atoms with E-state index in [0.717, 1.165) is 24.1 Å². The molecule has 6 heteroatoms. The number of rotatable bonds is 8. The highest BCUT2D eigenvalue weighted by Crippen LogP contribution is 2.11. The van der Waals surface area contributed by atoms with Crippen LogP contribution in [-0.2, 0) is 22.7 Å². The van der Waals surface area contributed by atoms with Crippen LogP contribution in [0.1, 0.15) is 24.1 Å². The Morgan fingerprint density at radius 3 is 2.48 bits per heavy atom. The van der Waals surface area contributed by atoms with E-state index in [1.54, 1.807) is 18.5 Å². The number of imidazole rings is 1. The minimum atomic E-state index is -2.99. The van der Waals surface area contributed by atoms with Crippen molar-refractivity contribution in [2.45, 2.75) is 25.7 Å². The van der Waals surface area contributed by atoms with Gasteiger partial charge < -0.3 is 4.98 Å². The van der Waals surface area contributed by atoms with Crippen molar-refractivity contribution in [1.82, 2.24) is 9.97 Å². The van der Waals surface area contributed by atoms with E-state index in [2.05, 4.69) is 9.97 Å². The van der Waals surface area contributed by atoms with E-state index in [9.17, 15) is 8.42 Å².